The van der Waals surface area contributed by atoms with Gasteiger partial charge in [-0.2, -0.15) is 11.8 Å². The normalized spacial score (nSPS) is 37.7. The molecule has 4 nitrogen and oxygen atoms in total. The number of sulfone groups is 1. The minimum absolute atomic E-state index is 0.0636. The summed E-state index contributed by atoms with van der Waals surface area (Å²) in [6.07, 6.45) is 1.15. The zero-order chi connectivity index (χ0) is 10.9. The number of rotatable bonds is 1. The first kappa shape index (κ1) is 11.7. The molecule has 0 saturated carbocycles. The summed E-state index contributed by atoms with van der Waals surface area (Å²) in [6.45, 7) is 1.99. The number of hydrogen-bond donors (Lipinski definition) is 1. The van der Waals surface area contributed by atoms with E-state index in [1.54, 1.807) is 0 Å². The SMILES string of the molecule is NC1CS(=O)(=O)CC1N1CCCSCC1. The van der Waals surface area contributed by atoms with Crippen LogP contribution >= 0.6 is 11.8 Å². The van der Waals surface area contributed by atoms with E-state index in [9.17, 15) is 8.42 Å². The van der Waals surface area contributed by atoms with Gasteiger partial charge in [-0.05, 0) is 18.7 Å². The molecule has 2 N–H and O–H groups in total. The standard InChI is InChI=1S/C9H18N2O2S2/c10-8-6-15(12,13)7-9(8)11-2-1-4-14-5-3-11/h8-9H,1-7,10H2. The Morgan fingerprint density at radius 1 is 1.20 bits per heavy atom. The molecule has 2 fully saturated rings. The van der Waals surface area contributed by atoms with Crippen LogP contribution in [0.25, 0.3) is 0 Å². The van der Waals surface area contributed by atoms with Crippen LogP contribution in [0, 0.1) is 0 Å². The van der Waals surface area contributed by atoms with Crippen LogP contribution in [0.15, 0.2) is 0 Å². The lowest BCUT2D eigenvalue weighted by Crippen LogP contribution is -2.47. The summed E-state index contributed by atoms with van der Waals surface area (Å²) < 4.78 is 22.9. The smallest absolute Gasteiger partial charge is 0.153 e. The maximum atomic E-state index is 11.5. The van der Waals surface area contributed by atoms with Crippen LogP contribution in [-0.4, -0.2) is 61.5 Å². The quantitative estimate of drug-likeness (QED) is 0.683. The molecule has 0 bridgehead atoms. The Bertz CT molecular complexity index is 310. The first-order chi connectivity index (χ1) is 7.08. The van der Waals surface area contributed by atoms with E-state index in [1.807, 2.05) is 11.8 Å². The van der Waals surface area contributed by atoms with Gasteiger partial charge in [-0.1, -0.05) is 0 Å². The Hall–Kier alpha value is 0.220. The van der Waals surface area contributed by atoms with Crippen molar-refractivity contribution in [1.82, 2.24) is 4.90 Å². The third-order valence-corrected chi connectivity index (χ3v) is 5.88. The van der Waals surface area contributed by atoms with Crippen LogP contribution in [0.3, 0.4) is 0 Å². The lowest BCUT2D eigenvalue weighted by molar-refractivity contribution is 0.214. The highest BCUT2D eigenvalue weighted by atomic mass is 32.2. The van der Waals surface area contributed by atoms with Crippen LogP contribution in [0.5, 0.6) is 0 Å². The minimum atomic E-state index is -2.88. The molecule has 15 heavy (non-hydrogen) atoms. The Kier molecular flexibility index (Phi) is 3.59. The molecular formula is C9H18N2O2S2. The molecule has 2 unspecified atom stereocenters. The van der Waals surface area contributed by atoms with Crippen LogP contribution in [0.4, 0.5) is 0 Å². The molecule has 2 rings (SSSR count). The van der Waals surface area contributed by atoms with E-state index in [2.05, 4.69) is 4.90 Å². The molecule has 6 heteroatoms. The molecule has 0 aromatic rings. The predicted molar refractivity (Wildman–Crippen MR) is 63.9 cm³/mol. The Labute approximate surface area is 95.5 Å². The maximum Gasteiger partial charge on any atom is 0.153 e. The lowest BCUT2D eigenvalue weighted by Gasteiger charge is -2.28. The van der Waals surface area contributed by atoms with Gasteiger partial charge >= 0.3 is 0 Å². The topological polar surface area (TPSA) is 63.4 Å². The highest BCUT2D eigenvalue weighted by molar-refractivity contribution is 7.99. The van der Waals surface area contributed by atoms with Crippen molar-refractivity contribution in [3.05, 3.63) is 0 Å². The molecule has 2 heterocycles. The van der Waals surface area contributed by atoms with E-state index in [0.29, 0.717) is 0 Å². The molecule has 0 aliphatic carbocycles. The molecule has 2 aliphatic heterocycles. The van der Waals surface area contributed by atoms with E-state index >= 15 is 0 Å². The maximum absolute atomic E-state index is 11.5. The lowest BCUT2D eigenvalue weighted by atomic mass is 10.1. The summed E-state index contributed by atoms with van der Waals surface area (Å²) in [5.74, 6) is 2.72. The van der Waals surface area contributed by atoms with Gasteiger partial charge in [0.2, 0.25) is 0 Å². The van der Waals surface area contributed by atoms with Crippen LogP contribution in [0.1, 0.15) is 6.42 Å². The van der Waals surface area contributed by atoms with Crippen LogP contribution < -0.4 is 5.73 Å². The van der Waals surface area contributed by atoms with Gasteiger partial charge in [0.05, 0.1) is 11.5 Å². The van der Waals surface area contributed by atoms with Gasteiger partial charge in [-0.3, -0.25) is 4.90 Å². The van der Waals surface area contributed by atoms with E-state index < -0.39 is 9.84 Å². The molecule has 88 valence electrons. The summed E-state index contributed by atoms with van der Waals surface area (Å²) in [5.41, 5.74) is 5.91. The summed E-state index contributed by atoms with van der Waals surface area (Å²) in [6, 6.07) is -0.119. The highest BCUT2D eigenvalue weighted by Gasteiger charge is 2.38. The van der Waals surface area contributed by atoms with E-state index in [-0.39, 0.29) is 23.6 Å². The second-order valence-corrected chi connectivity index (χ2v) is 7.69. The number of thioether (sulfide) groups is 1. The van der Waals surface area contributed by atoms with Crippen molar-refractivity contribution < 1.29 is 8.42 Å². The van der Waals surface area contributed by atoms with Gasteiger partial charge in [0.15, 0.2) is 9.84 Å². The zero-order valence-corrected chi connectivity index (χ0v) is 10.4. The monoisotopic (exact) mass is 250 g/mol. The summed E-state index contributed by atoms with van der Waals surface area (Å²) in [5, 5.41) is 0. The number of nitrogens with two attached hydrogens (primary N) is 1. The first-order valence-corrected chi connectivity index (χ1v) is 8.34. The van der Waals surface area contributed by atoms with Crippen molar-refractivity contribution in [2.45, 2.75) is 18.5 Å². The van der Waals surface area contributed by atoms with Gasteiger partial charge in [0.25, 0.3) is 0 Å². The van der Waals surface area contributed by atoms with Gasteiger partial charge in [0.1, 0.15) is 0 Å². The Morgan fingerprint density at radius 2 is 2.00 bits per heavy atom. The number of hydrogen-bond acceptors (Lipinski definition) is 5. The van der Waals surface area contributed by atoms with E-state index in [4.69, 9.17) is 5.73 Å². The summed E-state index contributed by atoms with van der Waals surface area (Å²) in [7, 11) is -2.88. The Morgan fingerprint density at radius 3 is 2.67 bits per heavy atom. The fourth-order valence-electron chi connectivity index (χ4n) is 2.33. The van der Waals surface area contributed by atoms with Gasteiger partial charge in [-0.25, -0.2) is 8.42 Å². The highest BCUT2D eigenvalue weighted by Crippen LogP contribution is 2.20. The summed E-state index contributed by atoms with van der Waals surface area (Å²) in [4.78, 5) is 2.27. The Balaban J connectivity index is 2.03. The van der Waals surface area contributed by atoms with E-state index in [0.717, 1.165) is 25.3 Å². The summed E-state index contributed by atoms with van der Waals surface area (Å²) >= 11 is 1.95. The molecule has 2 atom stereocenters. The third kappa shape index (κ3) is 2.87. The van der Waals surface area contributed by atoms with Gasteiger partial charge < -0.3 is 5.73 Å². The van der Waals surface area contributed by atoms with Crippen molar-refractivity contribution >= 4 is 21.6 Å². The van der Waals surface area contributed by atoms with Crippen molar-refractivity contribution in [2.24, 2.45) is 5.73 Å². The van der Waals surface area contributed by atoms with Gasteiger partial charge in [-0.15, -0.1) is 0 Å². The molecule has 0 amide bonds. The molecule has 2 aliphatic rings. The molecule has 0 radical (unpaired) electrons. The van der Waals surface area contributed by atoms with Gasteiger partial charge in [0, 0.05) is 24.4 Å². The van der Waals surface area contributed by atoms with Crippen molar-refractivity contribution in [1.29, 1.82) is 0 Å². The molecular weight excluding hydrogens is 232 g/mol. The fourth-order valence-corrected chi connectivity index (χ4v) is 5.15. The van der Waals surface area contributed by atoms with Crippen LogP contribution in [0.2, 0.25) is 0 Å². The second kappa shape index (κ2) is 4.61. The van der Waals surface area contributed by atoms with Crippen molar-refractivity contribution in [2.75, 3.05) is 36.1 Å². The fraction of sp³-hybridized carbons (Fsp3) is 1.00. The van der Waals surface area contributed by atoms with Crippen molar-refractivity contribution in [3.63, 3.8) is 0 Å². The third-order valence-electron chi connectivity index (χ3n) is 3.09. The van der Waals surface area contributed by atoms with E-state index in [1.165, 1.54) is 5.75 Å². The minimum Gasteiger partial charge on any atom is -0.325 e. The predicted octanol–water partition coefficient (Wildman–Crippen LogP) is -0.450. The first-order valence-electron chi connectivity index (χ1n) is 5.36. The van der Waals surface area contributed by atoms with Crippen LogP contribution in [-0.2, 0) is 9.84 Å². The molecule has 0 spiro atoms. The second-order valence-electron chi connectivity index (χ2n) is 4.31. The van der Waals surface area contributed by atoms with Crippen molar-refractivity contribution in [3.8, 4) is 0 Å². The molecule has 2 saturated heterocycles. The average Bonchev–Trinajstić information content (AvgIpc) is 2.41. The number of nitrogens with zero attached hydrogens (tertiary/aromatic N) is 1. The largest absolute Gasteiger partial charge is 0.325 e. The zero-order valence-electron chi connectivity index (χ0n) is 8.76. The average molecular weight is 250 g/mol. The molecule has 0 aromatic carbocycles. The molecule has 0 aromatic heterocycles.